The van der Waals surface area contributed by atoms with Crippen molar-refractivity contribution < 1.29 is 0 Å². The molecule has 0 bridgehead atoms. The first-order chi connectivity index (χ1) is 6.81. The summed E-state index contributed by atoms with van der Waals surface area (Å²) in [5.41, 5.74) is 3.62. The molecule has 3 rings (SSSR count). The largest absolute Gasteiger partial charge is 0.0619 e. The summed E-state index contributed by atoms with van der Waals surface area (Å²) in [5, 5.41) is 0. The third-order valence-corrected chi connectivity index (χ3v) is 3.96. The topological polar surface area (TPSA) is 0 Å². The quantitative estimate of drug-likeness (QED) is 0.621. The Labute approximate surface area is 86.3 Å². The molecule has 0 atom stereocenters. The summed E-state index contributed by atoms with van der Waals surface area (Å²) in [6.07, 6.45) is 7.09. The second-order valence-corrected chi connectivity index (χ2v) is 5.04. The molecule has 1 aromatic carbocycles. The van der Waals surface area contributed by atoms with Gasteiger partial charge in [-0.1, -0.05) is 50.5 Å². The first-order valence-corrected chi connectivity index (χ1v) is 5.78. The molecule has 0 heterocycles. The first kappa shape index (κ1) is 8.52. The molecule has 0 aliphatic heterocycles. The van der Waals surface area contributed by atoms with E-state index in [-0.39, 0.29) is 0 Å². The van der Waals surface area contributed by atoms with Crippen molar-refractivity contribution in [3.63, 3.8) is 0 Å². The predicted octanol–water partition coefficient (Wildman–Crippen LogP) is 3.94. The van der Waals surface area contributed by atoms with Crippen LogP contribution in [0.1, 0.15) is 50.2 Å². The van der Waals surface area contributed by atoms with E-state index in [0.29, 0.717) is 5.41 Å². The summed E-state index contributed by atoms with van der Waals surface area (Å²) in [7, 11) is 0. The standard InChI is InChI=1S/C14H17/c1-14(9-5-2-6-10-14)13-11-7-3-4-8-12(11)13/h3-4,7-8H,2,5-6,9-10H2,1H3. The maximum absolute atomic E-state index is 2.46. The molecule has 0 unspecified atom stereocenters. The van der Waals surface area contributed by atoms with Crippen molar-refractivity contribution in [2.75, 3.05) is 0 Å². The fraction of sp³-hybridized carbons (Fsp3) is 0.500. The highest BCUT2D eigenvalue weighted by molar-refractivity contribution is 5.69. The third kappa shape index (κ3) is 1.13. The van der Waals surface area contributed by atoms with Crippen LogP contribution in [-0.4, -0.2) is 0 Å². The minimum atomic E-state index is 0.516. The minimum Gasteiger partial charge on any atom is -0.0619 e. The van der Waals surface area contributed by atoms with Crippen LogP contribution in [0.5, 0.6) is 0 Å². The molecule has 0 saturated heterocycles. The maximum atomic E-state index is 2.46. The molecule has 2 aliphatic rings. The van der Waals surface area contributed by atoms with Crippen LogP contribution in [0, 0.1) is 11.3 Å². The maximum Gasteiger partial charge on any atom is 0.0405 e. The van der Waals surface area contributed by atoms with Crippen molar-refractivity contribution in [3.05, 3.63) is 41.3 Å². The van der Waals surface area contributed by atoms with Gasteiger partial charge in [-0.05, 0) is 29.4 Å². The third-order valence-electron chi connectivity index (χ3n) is 3.96. The molecule has 73 valence electrons. The summed E-state index contributed by atoms with van der Waals surface area (Å²) in [6, 6.07) is 8.89. The van der Waals surface area contributed by atoms with E-state index in [2.05, 4.69) is 31.2 Å². The van der Waals surface area contributed by atoms with E-state index in [1.807, 2.05) is 0 Å². The Morgan fingerprint density at radius 3 is 2.07 bits per heavy atom. The molecule has 0 aromatic heterocycles. The lowest BCUT2D eigenvalue weighted by Crippen LogP contribution is -2.22. The summed E-state index contributed by atoms with van der Waals surface area (Å²) >= 11 is 0. The SMILES string of the molecule is CC1([C]2c3ccccc32)CCCCC1. The molecule has 2 aliphatic carbocycles. The average Bonchev–Trinajstić information content (AvgIpc) is 2.93. The van der Waals surface area contributed by atoms with Gasteiger partial charge in [-0.25, -0.2) is 0 Å². The number of hydrogen-bond donors (Lipinski definition) is 0. The van der Waals surface area contributed by atoms with Crippen molar-refractivity contribution in [1.29, 1.82) is 0 Å². The summed E-state index contributed by atoms with van der Waals surface area (Å²) in [6.45, 7) is 2.46. The van der Waals surface area contributed by atoms with Gasteiger partial charge in [-0.2, -0.15) is 0 Å². The highest BCUT2D eigenvalue weighted by atomic mass is 14.5. The van der Waals surface area contributed by atoms with Crippen molar-refractivity contribution >= 4 is 0 Å². The lowest BCUT2D eigenvalue weighted by molar-refractivity contribution is 0.258. The Bertz CT molecular complexity index is 322. The summed E-state index contributed by atoms with van der Waals surface area (Å²) in [5.74, 6) is 1.68. The fourth-order valence-corrected chi connectivity index (χ4v) is 3.10. The second-order valence-electron chi connectivity index (χ2n) is 5.04. The van der Waals surface area contributed by atoms with E-state index in [0.717, 1.165) is 0 Å². The van der Waals surface area contributed by atoms with Crippen LogP contribution in [0.15, 0.2) is 24.3 Å². The van der Waals surface area contributed by atoms with Crippen LogP contribution in [0.25, 0.3) is 0 Å². The minimum absolute atomic E-state index is 0.516. The van der Waals surface area contributed by atoms with Gasteiger partial charge in [0.1, 0.15) is 0 Å². The summed E-state index contributed by atoms with van der Waals surface area (Å²) < 4.78 is 0. The molecule has 0 nitrogen and oxygen atoms in total. The van der Waals surface area contributed by atoms with Crippen LogP contribution >= 0.6 is 0 Å². The van der Waals surface area contributed by atoms with E-state index < -0.39 is 0 Å². The van der Waals surface area contributed by atoms with Gasteiger partial charge in [0, 0.05) is 5.92 Å². The molecule has 14 heavy (non-hydrogen) atoms. The fourth-order valence-electron chi connectivity index (χ4n) is 3.10. The first-order valence-electron chi connectivity index (χ1n) is 5.78. The van der Waals surface area contributed by atoms with E-state index in [9.17, 15) is 0 Å². The number of benzene rings is 1. The number of fused-ring (bicyclic) bond motifs is 1. The zero-order valence-corrected chi connectivity index (χ0v) is 8.84. The van der Waals surface area contributed by atoms with Gasteiger partial charge in [0.15, 0.2) is 0 Å². The number of rotatable bonds is 1. The Morgan fingerprint density at radius 1 is 0.929 bits per heavy atom. The van der Waals surface area contributed by atoms with Crippen molar-refractivity contribution in [1.82, 2.24) is 0 Å². The van der Waals surface area contributed by atoms with E-state index in [1.54, 1.807) is 17.0 Å². The monoisotopic (exact) mass is 185 g/mol. The Balaban J connectivity index is 1.85. The van der Waals surface area contributed by atoms with E-state index in [4.69, 9.17) is 0 Å². The van der Waals surface area contributed by atoms with Crippen LogP contribution in [0.3, 0.4) is 0 Å². The molecule has 0 spiro atoms. The van der Waals surface area contributed by atoms with E-state index in [1.165, 1.54) is 32.1 Å². The molecule has 1 saturated carbocycles. The highest BCUT2D eigenvalue weighted by Gasteiger charge is 2.47. The highest BCUT2D eigenvalue weighted by Crippen LogP contribution is 2.58. The Hall–Kier alpha value is -0.780. The predicted molar refractivity (Wildman–Crippen MR) is 59.1 cm³/mol. The molecule has 0 amide bonds. The zero-order chi connectivity index (χ0) is 9.60. The van der Waals surface area contributed by atoms with Crippen LogP contribution in [0.4, 0.5) is 0 Å². The number of hydrogen-bond acceptors (Lipinski definition) is 0. The van der Waals surface area contributed by atoms with Gasteiger partial charge in [-0.15, -0.1) is 0 Å². The van der Waals surface area contributed by atoms with Crippen molar-refractivity contribution in [3.8, 4) is 0 Å². The van der Waals surface area contributed by atoms with Gasteiger partial charge in [0.25, 0.3) is 0 Å². The zero-order valence-electron chi connectivity index (χ0n) is 8.84. The lowest BCUT2D eigenvalue weighted by Gasteiger charge is -2.33. The van der Waals surface area contributed by atoms with Gasteiger partial charge >= 0.3 is 0 Å². The molecule has 1 radical (unpaired) electrons. The van der Waals surface area contributed by atoms with Gasteiger partial charge in [-0.3, -0.25) is 0 Å². The molecular weight excluding hydrogens is 168 g/mol. The second kappa shape index (κ2) is 2.85. The molecular formula is C14H17. The van der Waals surface area contributed by atoms with Crippen LogP contribution in [-0.2, 0) is 0 Å². The molecule has 0 heteroatoms. The van der Waals surface area contributed by atoms with Crippen LogP contribution in [0.2, 0.25) is 0 Å². The van der Waals surface area contributed by atoms with E-state index >= 15 is 0 Å². The lowest BCUT2D eigenvalue weighted by atomic mass is 9.71. The molecule has 1 fully saturated rings. The van der Waals surface area contributed by atoms with Gasteiger partial charge in [0.2, 0.25) is 0 Å². The smallest absolute Gasteiger partial charge is 0.0405 e. The normalized spacial score (nSPS) is 24.4. The Morgan fingerprint density at radius 2 is 1.50 bits per heavy atom. The van der Waals surface area contributed by atoms with Gasteiger partial charge < -0.3 is 0 Å². The van der Waals surface area contributed by atoms with Crippen molar-refractivity contribution in [2.45, 2.75) is 39.0 Å². The van der Waals surface area contributed by atoms with Crippen molar-refractivity contribution in [2.24, 2.45) is 5.41 Å². The van der Waals surface area contributed by atoms with Crippen LogP contribution < -0.4 is 0 Å². The Kier molecular flexibility index (Phi) is 1.74. The average molecular weight is 185 g/mol. The van der Waals surface area contributed by atoms with Gasteiger partial charge in [0.05, 0.1) is 0 Å². The summed E-state index contributed by atoms with van der Waals surface area (Å²) in [4.78, 5) is 0. The molecule has 0 N–H and O–H groups in total. The molecule has 1 aromatic rings.